The number of carbonyl (C=O) groups excluding carboxylic acids is 1. The molecule has 1 aromatic carbocycles. The van der Waals surface area contributed by atoms with Crippen molar-refractivity contribution < 1.29 is 14.4 Å². The average Bonchev–Trinajstić information content (AvgIpc) is 3.38. The van der Waals surface area contributed by atoms with Gasteiger partial charge in [-0.1, -0.05) is 18.1 Å². The molecule has 3 heterocycles. The van der Waals surface area contributed by atoms with Gasteiger partial charge in [-0.25, -0.2) is 0 Å². The number of likely N-dealkylation sites (tertiary alicyclic amines) is 1. The van der Waals surface area contributed by atoms with E-state index in [2.05, 4.69) is 21.2 Å². The number of nitrogens with zero attached hydrogens (tertiary/aromatic N) is 3. The highest BCUT2D eigenvalue weighted by Gasteiger charge is 2.43. The number of aryl methyl sites for hydroxylation is 2. The van der Waals surface area contributed by atoms with Crippen LogP contribution < -0.4 is 0 Å². The summed E-state index contributed by atoms with van der Waals surface area (Å²) in [7, 11) is 0. The molecule has 0 bridgehead atoms. The van der Waals surface area contributed by atoms with Gasteiger partial charge in [-0.3, -0.25) is 4.79 Å². The molecule has 1 atom stereocenters. The molecule has 1 unspecified atom stereocenters. The minimum Gasteiger partial charge on any atom is -0.378 e. The first-order chi connectivity index (χ1) is 12.6. The van der Waals surface area contributed by atoms with E-state index in [1.165, 1.54) is 0 Å². The number of β-amino-alcohol motifs (C(OH)–C–C–N with tert-alkyl or cyclic N) is 1. The van der Waals surface area contributed by atoms with Gasteiger partial charge in [0.2, 0.25) is 5.91 Å². The first-order valence-corrected chi connectivity index (χ1v) is 8.96. The maximum Gasteiger partial charge on any atom is 0.260 e. The van der Waals surface area contributed by atoms with Crippen molar-refractivity contribution in [3.63, 3.8) is 0 Å². The summed E-state index contributed by atoms with van der Waals surface area (Å²) in [5.74, 6) is 0.811. The molecule has 0 radical (unpaired) electrons. The number of fused-ring (bicyclic) bond motifs is 1. The van der Waals surface area contributed by atoms with E-state index in [1.54, 1.807) is 4.90 Å². The van der Waals surface area contributed by atoms with Gasteiger partial charge < -0.3 is 19.5 Å². The van der Waals surface area contributed by atoms with Crippen molar-refractivity contribution in [1.29, 1.82) is 0 Å². The van der Waals surface area contributed by atoms with E-state index in [0.29, 0.717) is 38.1 Å². The second-order valence-corrected chi connectivity index (χ2v) is 6.87. The Kier molecular flexibility index (Phi) is 4.24. The number of aromatic nitrogens is 3. The van der Waals surface area contributed by atoms with Gasteiger partial charge in [-0.15, -0.1) is 0 Å². The third-order valence-electron chi connectivity index (χ3n) is 5.03. The van der Waals surface area contributed by atoms with Gasteiger partial charge in [0.15, 0.2) is 11.4 Å². The summed E-state index contributed by atoms with van der Waals surface area (Å²) in [5, 5.41) is 15.8. The molecule has 2 N–H and O–H groups in total. The summed E-state index contributed by atoms with van der Waals surface area (Å²) < 4.78 is 5.18. The van der Waals surface area contributed by atoms with Crippen LogP contribution in [0.2, 0.25) is 0 Å². The predicted molar refractivity (Wildman–Crippen MR) is 95.4 cm³/mol. The zero-order valence-electron chi connectivity index (χ0n) is 14.7. The fraction of sp³-hybridized carbons (Fsp3) is 0.421. The maximum atomic E-state index is 12.6. The minimum atomic E-state index is -1.24. The van der Waals surface area contributed by atoms with Gasteiger partial charge in [0, 0.05) is 37.5 Å². The van der Waals surface area contributed by atoms with Crippen LogP contribution >= 0.6 is 0 Å². The molecule has 0 spiro atoms. The number of aromatic amines is 1. The van der Waals surface area contributed by atoms with E-state index in [9.17, 15) is 9.90 Å². The molecule has 1 fully saturated rings. The van der Waals surface area contributed by atoms with Crippen molar-refractivity contribution in [2.45, 2.75) is 38.2 Å². The first kappa shape index (κ1) is 16.8. The van der Waals surface area contributed by atoms with Crippen molar-refractivity contribution in [3.05, 3.63) is 47.7 Å². The number of hydrogen-bond acceptors (Lipinski definition) is 5. The summed E-state index contributed by atoms with van der Waals surface area (Å²) in [4.78, 5) is 21.6. The van der Waals surface area contributed by atoms with Crippen LogP contribution in [0.1, 0.15) is 37.0 Å². The average molecular weight is 354 g/mol. The highest BCUT2D eigenvalue weighted by Crippen LogP contribution is 2.31. The van der Waals surface area contributed by atoms with Crippen LogP contribution in [0.4, 0.5) is 0 Å². The van der Waals surface area contributed by atoms with Crippen LogP contribution in [0, 0.1) is 0 Å². The lowest BCUT2D eigenvalue weighted by Crippen LogP contribution is -2.34. The molecule has 7 heteroatoms. The number of amides is 1. The molecule has 2 aromatic heterocycles. The van der Waals surface area contributed by atoms with Crippen molar-refractivity contribution in [2.24, 2.45) is 0 Å². The summed E-state index contributed by atoms with van der Waals surface area (Å²) in [5.41, 5.74) is 0.986. The number of carbonyl (C=O) groups is 1. The van der Waals surface area contributed by atoms with E-state index >= 15 is 0 Å². The Bertz CT molecular complexity index is 932. The first-order valence-electron chi connectivity index (χ1n) is 8.96. The highest BCUT2D eigenvalue weighted by atomic mass is 16.5. The second-order valence-electron chi connectivity index (χ2n) is 6.87. The van der Waals surface area contributed by atoms with Gasteiger partial charge in [0.05, 0.1) is 6.54 Å². The zero-order valence-corrected chi connectivity index (χ0v) is 14.7. The van der Waals surface area contributed by atoms with E-state index in [4.69, 9.17) is 4.52 Å². The van der Waals surface area contributed by atoms with E-state index < -0.39 is 5.60 Å². The Morgan fingerprint density at radius 3 is 3.12 bits per heavy atom. The van der Waals surface area contributed by atoms with Crippen LogP contribution in [0.25, 0.3) is 10.9 Å². The Balaban J connectivity index is 1.38. The van der Waals surface area contributed by atoms with Crippen LogP contribution in [-0.4, -0.2) is 44.1 Å². The second kappa shape index (κ2) is 6.57. The molecule has 0 aliphatic carbocycles. The number of hydrogen-bond donors (Lipinski definition) is 2. The lowest BCUT2D eigenvalue weighted by atomic mass is 10.0. The van der Waals surface area contributed by atoms with Crippen LogP contribution in [-0.2, 0) is 23.2 Å². The molecule has 7 nitrogen and oxygen atoms in total. The fourth-order valence-electron chi connectivity index (χ4n) is 3.44. The lowest BCUT2D eigenvalue weighted by Gasteiger charge is -2.19. The fourth-order valence-corrected chi connectivity index (χ4v) is 3.44. The molecule has 4 rings (SSSR count). The predicted octanol–water partition coefficient (Wildman–Crippen LogP) is 2.17. The number of rotatable bonds is 5. The van der Waals surface area contributed by atoms with Gasteiger partial charge >= 0.3 is 0 Å². The molecule has 3 aromatic rings. The quantitative estimate of drug-likeness (QED) is 0.732. The summed E-state index contributed by atoms with van der Waals surface area (Å²) >= 11 is 0. The summed E-state index contributed by atoms with van der Waals surface area (Å²) in [6.07, 6.45) is 4.06. The Hall–Kier alpha value is -2.67. The third-order valence-corrected chi connectivity index (χ3v) is 5.03. The molecular weight excluding hydrogens is 332 g/mol. The smallest absolute Gasteiger partial charge is 0.260 e. The van der Waals surface area contributed by atoms with Crippen molar-refractivity contribution in [2.75, 3.05) is 13.1 Å². The standard InChI is InChI=1S/C19H22N4O3/c1-2-16-21-18(26-22-16)19(25)8-10-23(12-19)17(24)6-4-13-3-5-15-14(11-13)7-9-20-15/h3,5,7,9,11,20,25H,2,4,6,8,10,12H2,1H3. The lowest BCUT2D eigenvalue weighted by molar-refractivity contribution is -0.131. The van der Waals surface area contributed by atoms with Crippen LogP contribution in [0.3, 0.4) is 0 Å². The Morgan fingerprint density at radius 2 is 2.31 bits per heavy atom. The molecule has 136 valence electrons. The largest absolute Gasteiger partial charge is 0.378 e. The number of benzene rings is 1. The van der Waals surface area contributed by atoms with Gasteiger partial charge in [0.25, 0.3) is 5.89 Å². The topological polar surface area (TPSA) is 95.3 Å². The number of H-pyrrole nitrogens is 1. The molecule has 1 amide bonds. The molecule has 1 aliphatic rings. The SMILES string of the molecule is CCc1noc(C2(O)CCN(C(=O)CCc3ccc4[nH]ccc4c3)C2)n1. The van der Waals surface area contributed by atoms with E-state index in [-0.39, 0.29) is 18.3 Å². The number of nitrogens with one attached hydrogen (secondary N) is 1. The minimum absolute atomic E-state index is 0.0327. The van der Waals surface area contributed by atoms with Gasteiger partial charge in [-0.2, -0.15) is 4.98 Å². The Labute approximate surface area is 151 Å². The molecule has 0 saturated carbocycles. The summed E-state index contributed by atoms with van der Waals surface area (Å²) in [6, 6.07) is 8.20. The molecule has 1 saturated heterocycles. The molecule has 26 heavy (non-hydrogen) atoms. The maximum absolute atomic E-state index is 12.6. The monoisotopic (exact) mass is 354 g/mol. The van der Waals surface area contributed by atoms with Crippen molar-refractivity contribution in [1.82, 2.24) is 20.0 Å². The van der Waals surface area contributed by atoms with E-state index in [1.807, 2.05) is 31.3 Å². The van der Waals surface area contributed by atoms with Gasteiger partial charge in [0.1, 0.15) is 0 Å². The van der Waals surface area contributed by atoms with Crippen LogP contribution in [0.15, 0.2) is 35.0 Å². The summed E-state index contributed by atoms with van der Waals surface area (Å²) in [6.45, 7) is 2.62. The van der Waals surface area contributed by atoms with Crippen molar-refractivity contribution in [3.8, 4) is 0 Å². The normalized spacial score (nSPS) is 20.2. The number of aliphatic hydroxyl groups is 1. The highest BCUT2D eigenvalue weighted by molar-refractivity contribution is 5.80. The van der Waals surface area contributed by atoms with Gasteiger partial charge in [-0.05, 0) is 35.6 Å². The van der Waals surface area contributed by atoms with Crippen molar-refractivity contribution >= 4 is 16.8 Å². The molecule has 1 aliphatic heterocycles. The third kappa shape index (κ3) is 3.10. The molecular formula is C19H22N4O3. The van der Waals surface area contributed by atoms with E-state index in [0.717, 1.165) is 16.5 Å². The Morgan fingerprint density at radius 1 is 1.42 bits per heavy atom. The zero-order chi connectivity index (χ0) is 18.1. The van der Waals surface area contributed by atoms with Crippen LogP contribution in [0.5, 0.6) is 0 Å².